The van der Waals surface area contributed by atoms with Crippen molar-refractivity contribution in [3.63, 3.8) is 0 Å². The molecule has 1 aliphatic carbocycles. The number of nitrogens with zero attached hydrogens (tertiary/aromatic N) is 1. The van der Waals surface area contributed by atoms with Crippen LogP contribution in [0.5, 0.6) is 0 Å². The summed E-state index contributed by atoms with van der Waals surface area (Å²) in [6.07, 6.45) is 5.94. The number of aldehydes is 1. The van der Waals surface area contributed by atoms with Crippen molar-refractivity contribution in [2.45, 2.75) is 45.6 Å². The number of anilines is 1. The Labute approximate surface area is 124 Å². The first-order valence-electron chi connectivity index (χ1n) is 6.90. The van der Waals surface area contributed by atoms with Crippen molar-refractivity contribution in [3.8, 4) is 0 Å². The zero-order valence-corrected chi connectivity index (χ0v) is 13.5. The molecule has 0 N–H and O–H groups in total. The fraction of sp³-hybridized carbons (Fsp3) is 0.562. The molecular formula is C16H22BrNO. The average molecular weight is 324 g/mol. The van der Waals surface area contributed by atoms with E-state index in [0.717, 1.165) is 10.8 Å². The van der Waals surface area contributed by atoms with Crippen LogP contribution in [0.15, 0.2) is 22.7 Å². The van der Waals surface area contributed by atoms with Gasteiger partial charge in [-0.25, -0.2) is 0 Å². The number of carbonyl (C=O) groups is 1. The van der Waals surface area contributed by atoms with Gasteiger partial charge in [0.15, 0.2) is 0 Å². The van der Waals surface area contributed by atoms with E-state index in [4.69, 9.17) is 0 Å². The Morgan fingerprint density at radius 3 is 2.47 bits per heavy atom. The molecule has 19 heavy (non-hydrogen) atoms. The van der Waals surface area contributed by atoms with Crippen LogP contribution < -0.4 is 4.90 Å². The standard InChI is InChI=1S/C16H22BrNO/c1-16(2)8-6-13(7-9-16)18(3)15-5-4-12(11-19)10-14(15)17/h4-5,10-11,13H,6-9H2,1-3H3. The maximum absolute atomic E-state index is 10.8. The van der Waals surface area contributed by atoms with Gasteiger partial charge in [-0.3, -0.25) is 4.79 Å². The molecule has 0 saturated heterocycles. The maximum Gasteiger partial charge on any atom is 0.150 e. The highest BCUT2D eigenvalue weighted by Crippen LogP contribution is 2.39. The van der Waals surface area contributed by atoms with Gasteiger partial charge in [-0.2, -0.15) is 0 Å². The number of hydrogen-bond donors (Lipinski definition) is 0. The van der Waals surface area contributed by atoms with Crippen LogP contribution in [0, 0.1) is 5.41 Å². The normalized spacial score (nSPS) is 19.2. The Hall–Kier alpha value is -0.830. The zero-order valence-electron chi connectivity index (χ0n) is 11.9. The number of benzene rings is 1. The summed E-state index contributed by atoms with van der Waals surface area (Å²) in [5, 5.41) is 0. The molecule has 0 bridgehead atoms. The Bertz CT molecular complexity index is 460. The average Bonchev–Trinajstić information content (AvgIpc) is 2.37. The van der Waals surface area contributed by atoms with Gasteiger partial charge in [-0.1, -0.05) is 13.8 Å². The molecule has 0 aromatic heterocycles. The van der Waals surface area contributed by atoms with Crippen molar-refractivity contribution in [2.24, 2.45) is 5.41 Å². The van der Waals surface area contributed by atoms with Crippen LogP contribution in [-0.4, -0.2) is 19.4 Å². The van der Waals surface area contributed by atoms with Crippen molar-refractivity contribution < 1.29 is 4.79 Å². The molecule has 0 spiro atoms. The van der Waals surface area contributed by atoms with Crippen LogP contribution in [0.2, 0.25) is 0 Å². The molecule has 3 heteroatoms. The fourth-order valence-electron chi connectivity index (χ4n) is 2.85. The molecule has 0 unspecified atom stereocenters. The Morgan fingerprint density at radius 1 is 1.32 bits per heavy atom. The van der Waals surface area contributed by atoms with Gasteiger partial charge in [-0.05, 0) is 65.2 Å². The third kappa shape index (κ3) is 3.38. The lowest BCUT2D eigenvalue weighted by atomic mass is 9.75. The van der Waals surface area contributed by atoms with Crippen LogP contribution in [0.1, 0.15) is 49.9 Å². The van der Waals surface area contributed by atoms with Crippen molar-refractivity contribution in [1.29, 1.82) is 0 Å². The molecule has 2 rings (SSSR count). The minimum atomic E-state index is 0.496. The van der Waals surface area contributed by atoms with Crippen LogP contribution in [0.25, 0.3) is 0 Å². The molecule has 1 saturated carbocycles. The van der Waals surface area contributed by atoms with E-state index in [1.54, 1.807) is 0 Å². The molecule has 0 aliphatic heterocycles. The number of carbonyl (C=O) groups excluding carboxylic acids is 1. The summed E-state index contributed by atoms with van der Waals surface area (Å²) in [6, 6.07) is 6.42. The van der Waals surface area contributed by atoms with Gasteiger partial charge in [-0.15, -0.1) is 0 Å². The second-order valence-corrected chi connectivity index (χ2v) is 7.19. The van der Waals surface area contributed by atoms with Crippen LogP contribution in [0.3, 0.4) is 0 Å². The number of rotatable bonds is 3. The lowest BCUT2D eigenvalue weighted by Crippen LogP contribution is -2.37. The Balaban J connectivity index is 2.12. The first-order chi connectivity index (χ1) is 8.93. The monoisotopic (exact) mass is 323 g/mol. The van der Waals surface area contributed by atoms with Crippen molar-refractivity contribution in [3.05, 3.63) is 28.2 Å². The second-order valence-electron chi connectivity index (χ2n) is 6.33. The molecular weight excluding hydrogens is 302 g/mol. The Kier molecular flexibility index (Phi) is 4.34. The Morgan fingerprint density at radius 2 is 1.95 bits per heavy atom. The van der Waals surface area contributed by atoms with E-state index in [2.05, 4.69) is 41.7 Å². The van der Waals surface area contributed by atoms with E-state index in [-0.39, 0.29) is 0 Å². The lowest BCUT2D eigenvalue weighted by Gasteiger charge is -2.39. The molecule has 0 radical (unpaired) electrons. The summed E-state index contributed by atoms with van der Waals surface area (Å²) in [7, 11) is 2.16. The van der Waals surface area contributed by atoms with Crippen molar-refractivity contribution in [1.82, 2.24) is 0 Å². The quantitative estimate of drug-likeness (QED) is 0.753. The van der Waals surface area contributed by atoms with Crippen LogP contribution in [0.4, 0.5) is 5.69 Å². The lowest BCUT2D eigenvalue weighted by molar-refractivity contribution is 0.112. The maximum atomic E-state index is 10.8. The minimum Gasteiger partial charge on any atom is -0.371 e. The van der Waals surface area contributed by atoms with E-state index in [9.17, 15) is 4.79 Å². The summed E-state index contributed by atoms with van der Waals surface area (Å²) < 4.78 is 1.00. The van der Waals surface area contributed by atoms with Gasteiger partial charge in [0, 0.05) is 23.1 Å². The highest BCUT2D eigenvalue weighted by Gasteiger charge is 2.29. The van der Waals surface area contributed by atoms with E-state index < -0.39 is 0 Å². The third-order valence-electron chi connectivity index (χ3n) is 4.34. The summed E-state index contributed by atoms with van der Waals surface area (Å²) in [5.41, 5.74) is 2.39. The number of halogens is 1. The number of hydrogen-bond acceptors (Lipinski definition) is 2. The zero-order chi connectivity index (χ0) is 14.0. The third-order valence-corrected chi connectivity index (χ3v) is 4.98. The molecule has 1 aromatic rings. The SMILES string of the molecule is CN(c1ccc(C=O)cc1Br)C1CCC(C)(C)CC1. The summed E-state index contributed by atoms with van der Waals surface area (Å²) in [4.78, 5) is 13.1. The fourth-order valence-corrected chi connectivity index (χ4v) is 3.53. The minimum absolute atomic E-state index is 0.496. The molecule has 0 atom stereocenters. The molecule has 104 valence electrons. The van der Waals surface area contributed by atoms with Crippen molar-refractivity contribution in [2.75, 3.05) is 11.9 Å². The predicted octanol–water partition coefficient (Wildman–Crippen LogP) is 4.67. The second kappa shape index (κ2) is 5.66. The molecule has 1 aliphatic rings. The first kappa shape index (κ1) is 14.6. The van der Waals surface area contributed by atoms with E-state index in [1.165, 1.54) is 31.4 Å². The summed E-state index contributed by atoms with van der Waals surface area (Å²) in [6.45, 7) is 4.72. The largest absolute Gasteiger partial charge is 0.371 e. The highest BCUT2D eigenvalue weighted by molar-refractivity contribution is 9.10. The summed E-state index contributed by atoms with van der Waals surface area (Å²) >= 11 is 3.58. The van der Waals surface area contributed by atoms with Crippen LogP contribution >= 0.6 is 15.9 Å². The van der Waals surface area contributed by atoms with Crippen LogP contribution in [-0.2, 0) is 0 Å². The molecule has 0 heterocycles. The smallest absolute Gasteiger partial charge is 0.150 e. The van der Waals surface area contributed by atoms with Gasteiger partial charge in [0.05, 0.1) is 5.69 Å². The van der Waals surface area contributed by atoms with Gasteiger partial charge in [0.2, 0.25) is 0 Å². The first-order valence-corrected chi connectivity index (χ1v) is 7.70. The molecule has 1 aromatic carbocycles. The van der Waals surface area contributed by atoms with E-state index in [1.807, 2.05) is 18.2 Å². The predicted molar refractivity (Wildman–Crippen MR) is 84.0 cm³/mol. The molecule has 0 amide bonds. The van der Waals surface area contributed by atoms with Gasteiger partial charge in [0.25, 0.3) is 0 Å². The molecule has 2 nitrogen and oxygen atoms in total. The topological polar surface area (TPSA) is 20.3 Å². The summed E-state index contributed by atoms with van der Waals surface area (Å²) in [5.74, 6) is 0. The van der Waals surface area contributed by atoms with E-state index >= 15 is 0 Å². The van der Waals surface area contributed by atoms with Gasteiger partial charge in [0.1, 0.15) is 6.29 Å². The molecule has 1 fully saturated rings. The highest BCUT2D eigenvalue weighted by atomic mass is 79.9. The van der Waals surface area contributed by atoms with Gasteiger partial charge >= 0.3 is 0 Å². The van der Waals surface area contributed by atoms with Gasteiger partial charge < -0.3 is 4.90 Å². The van der Waals surface area contributed by atoms with Crippen molar-refractivity contribution >= 4 is 27.9 Å². The van der Waals surface area contributed by atoms with E-state index in [0.29, 0.717) is 17.0 Å².